The number of hydrogen-bond acceptors (Lipinski definition) is 3. The molecule has 2 amide bonds. The first-order valence-corrected chi connectivity index (χ1v) is 14.4. The van der Waals surface area contributed by atoms with Gasteiger partial charge in [-0.25, -0.2) is 0 Å². The third-order valence-corrected chi connectivity index (χ3v) is 9.13. The van der Waals surface area contributed by atoms with Gasteiger partial charge in [-0.05, 0) is 76.5 Å². The molecule has 0 bridgehead atoms. The highest BCUT2D eigenvalue weighted by Gasteiger charge is 2.46. The van der Waals surface area contributed by atoms with Crippen LogP contribution in [0, 0.1) is 17.8 Å². The van der Waals surface area contributed by atoms with Gasteiger partial charge in [0.1, 0.15) is 0 Å². The molecule has 0 N–H and O–H groups in total. The van der Waals surface area contributed by atoms with Gasteiger partial charge in [0.15, 0.2) is 0 Å². The minimum absolute atomic E-state index is 0.00581. The van der Waals surface area contributed by atoms with E-state index < -0.39 is 0 Å². The highest BCUT2D eigenvalue weighted by atomic mass is 35.5. The Morgan fingerprint density at radius 2 is 1.58 bits per heavy atom. The topological polar surface area (TPSA) is 43.9 Å². The van der Waals surface area contributed by atoms with E-state index in [1.165, 1.54) is 18.4 Å². The van der Waals surface area contributed by atoms with Gasteiger partial charge in [0.25, 0.3) is 0 Å². The summed E-state index contributed by atoms with van der Waals surface area (Å²) in [6.45, 7) is 16.1. The molecule has 0 radical (unpaired) electrons. The molecule has 2 saturated heterocycles. The molecule has 1 aliphatic carbocycles. The Morgan fingerprint density at radius 3 is 2.17 bits per heavy atom. The van der Waals surface area contributed by atoms with Gasteiger partial charge in [-0.1, -0.05) is 44.5 Å². The van der Waals surface area contributed by atoms with Crippen LogP contribution >= 0.6 is 11.6 Å². The van der Waals surface area contributed by atoms with Gasteiger partial charge in [0.2, 0.25) is 11.8 Å². The maximum absolute atomic E-state index is 14.0. The fraction of sp³-hybridized carbons (Fsp3) is 0.733. The monoisotopic (exact) mass is 515 g/mol. The first-order chi connectivity index (χ1) is 17.0. The van der Waals surface area contributed by atoms with Crippen LogP contribution in [-0.2, 0) is 9.59 Å². The molecule has 0 spiro atoms. The molecule has 0 aromatic heterocycles. The Balaban J connectivity index is 1.51. The maximum Gasteiger partial charge on any atom is 0.227 e. The second-order valence-corrected chi connectivity index (χ2v) is 13.3. The number of amides is 2. The minimum Gasteiger partial charge on any atom is -0.340 e. The molecule has 3 aliphatic rings. The number of rotatable bonds is 5. The molecule has 2 heterocycles. The summed E-state index contributed by atoms with van der Waals surface area (Å²) in [6.07, 6.45) is 5.44. The molecular formula is C30H46ClN3O2. The number of carbonyl (C=O) groups is 2. The van der Waals surface area contributed by atoms with Gasteiger partial charge in [0, 0.05) is 54.6 Å². The van der Waals surface area contributed by atoms with Gasteiger partial charge < -0.3 is 9.80 Å². The van der Waals surface area contributed by atoms with Crippen molar-refractivity contribution in [2.24, 2.45) is 17.8 Å². The summed E-state index contributed by atoms with van der Waals surface area (Å²) in [5.74, 6) is 1.32. The summed E-state index contributed by atoms with van der Waals surface area (Å²) in [5.41, 5.74) is 1.19. The predicted molar refractivity (Wildman–Crippen MR) is 147 cm³/mol. The van der Waals surface area contributed by atoms with Crippen LogP contribution < -0.4 is 0 Å². The van der Waals surface area contributed by atoms with Gasteiger partial charge >= 0.3 is 0 Å². The van der Waals surface area contributed by atoms with Crippen LogP contribution in [0.1, 0.15) is 85.1 Å². The molecule has 3 atom stereocenters. The normalized spacial score (nSPS) is 29.7. The highest BCUT2D eigenvalue weighted by Crippen LogP contribution is 2.39. The molecule has 4 rings (SSSR count). The molecule has 36 heavy (non-hydrogen) atoms. The van der Waals surface area contributed by atoms with E-state index in [2.05, 4.69) is 54.5 Å². The zero-order chi connectivity index (χ0) is 26.2. The molecule has 2 aliphatic heterocycles. The number of halogens is 1. The Labute approximate surface area is 223 Å². The van der Waals surface area contributed by atoms with Crippen LogP contribution in [0.3, 0.4) is 0 Å². The van der Waals surface area contributed by atoms with Crippen molar-refractivity contribution < 1.29 is 9.59 Å². The summed E-state index contributed by atoms with van der Waals surface area (Å²) in [7, 11) is 0. The Bertz CT molecular complexity index is 917. The summed E-state index contributed by atoms with van der Waals surface area (Å²) in [4.78, 5) is 34.1. The van der Waals surface area contributed by atoms with Crippen LogP contribution in [0.5, 0.6) is 0 Å². The van der Waals surface area contributed by atoms with Crippen molar-refractivity contribution in [2.45, 2.75) is 97.2 Å². The van der Waals surface area contributed by atoms with Crippen molar-refractivity contribution in [3.05, 3.63) is 34.9 Å². The first kappa shape index (κ1) is 27.4. The van der Waals surface area contributed by atoms with Crippen molar-refractivity contribution in [2.75, 3.05) is 26.2 Å². The largest absolute Gasteiger partial charge is 0.340 e. The second kappa shape index (κ2) is 11.0. The van der Waals surface area contributed by atoms with E-state index in [1.54, 1.807) is 0 Å². The SMILES string of the molecule is CC(C)C(=O)N([C@H]1CCN(C(=O)[C@@H]2CN(C(C)(C)C)C[C@H]2c2ccc(Cl)cc2)C1)[C@H]1CC[C@@H](C)CC1. The average molecular weight is 516 g/mol. The molecule has 0 unspecified atom stereocenters. The molecule has 6 heteroatoms. The number of carbonyl (C=O) groups excluding carboxylic acids is 2. The lowest BCUT2D eigenvalue weighted by Crippen LogP contribution is -2.51. The van der Waals surface area contributed by atoms with E-state index >= 15 is 0 Å². The summed E-state index contributed by atoms with van der Waals surface area (Å²) in [5, 5.41) is 0.724. The lowest BCUT2D eigenvalue weighted by Gasteiger charge is -2.41. The smallest absolute Gasteiger partial charge is 0.227 e. The summed E-state index contributed by atoms with van der Waals surface area (Å²) >= 11 is 6.17. The van der Waals surface area contributed by atoms with Gasteiger partial charge in [-0.3, -0.25) is 14.5 Å². The van der Waals surface area contributed by atoms with Gasteiger partial charge in [-0.2, -0.15) is 0 Å². The Morgan fingerprint density at radius 1 is 0.944 bits per heavy atom. The lowest BCUT2D eigenvalue weighted by atomic mass is 9.85. The zero-order valence-electron chi connectivity index (χ0n) is 23.2. The van der Waals surface area contributed by atoms with E-state index in [4.69, 9.17) is 11.6 Å². The Hall–Kier alpha value is -1.59. The van der Waals surface area contributed by atoms with E-state index in [9.17, 15) is 9.59 Å². The van der Waals surface area contributed by atoms with Crippen LogP contribution in [0.4, 0.5) is 0 Å². The number of hydrogen-bond donors (Lipinski definition) is 0. The fourth-order valence-corrected chi connectivity index (χ4v) is 6.66. The number of benzene rings is 1. The lowest BCUT2D eigenvalue weighted by molar-refractivity contribution is -0.142. The molecule has 1 saturated carbocycles. The van der Waals surface area contributed by atoms with Gasteiger partial charge in [0.05, 0.1) is 12.0 Å². The van der Waals surface area contributed by atoms with Gasteiger partial charge in [-0.15, -0.1) is 0 Å². The van der Waals surface area contributed by atoms with E-state index in [0.29, 0.717) is 12.6 Å². The standard InChI is InChI=1S/C30H46ClN3O2/c1-20(2)28(35)34(24-13-7-21(3)8-14-24)25-15-16-32(17-25)29(36)27-19-33(30(4,5)6)18-26(27)22-9-11-23(31)12-10-22/h9-12,20-21,24-27H,7-8,13-19H2,1-6H3/t21-,24+,25-,26-,27+/m0/s1. The van der Waals surface area contributed by atoms with Crippen LogP contribution in [-0.4, -0.2) is 70.3 Å². The first-order valence-electron chi connectivity index (χ1n) is 14.1. The van der Waals surface area contributed by atoms with Crippen LogP contribution in [0.25, 0.3) is 0 Å². The van der Waals surface area contributed by atoms with Crippen molar-refractivity contribution in [3.63, 3.8) is 0 Å². The fourth-order valence-electron chi connectivity index (χ4n) is 6.53. The number of likely N-dealkylation sites (tertiary alicyclic amines) is 2. The quantitative estimate of drug-likeness (QED) is 0.496. The molecule has 1 aromatic rings. The molecule has 5 nitrogen and oxygen atoms in total. The summed E-state index contributed by atoms with van der Waals surface area (Å²) in [6, 6.07) is 8.49. The van der Waals surface area contributed by atoms with Crippen molar-refractivity contribution in [1.82, 2.24) is 14.7 Å². The van der Waals surface area contributed by atoms with E-state index in [-0.39, 0.29) is 41.1 Å². The van der Waals surface area contributed by atoms with E-state index in [1.807, 2.05) is 26.0 Å². The Kier molecular flexibility index (Phi) is 8.41. The molecule has 1 aromatic carbocycles. The highest BCUT2D eigenvalue weighted by molar-refractivity contribution is 6.30. The third kappa shape index (κ3) is 5.93. The number of nitrogens with zero attached hydrogens (tertiary/aromatic N) is 3. The second-order valence-electron chi connectivity index (χ2n) is 12.9. The van der Waals surface area contributed by atoms with Crippen LogP contribution in [0.2, 0.25) is 5.02 Å². The molecular weight excluding hydrogens is 470 g/mol. The van der Waals surface area contributed by atoms with Crippen molar-refractivity contribution in [3.8, 4) is 0 Å². The third-order valence-electron chi connectivity index (χ3n) is 8.88. The molecule has 200 valence electrons. The predicted octanol–water partition coefficient (Wildman–Crippen LogP) is 5.82. The zero-order valence-corrected chi connectivity index (χ0v) is 23.9. The van der Waals surface area contributed by atoms with Crippen molar-refractivity contribution >= 4 is 23.4 Å². The minimum atomic E-state index is -0.0751. The van der Waals surface area contributed by atoms with Crippen molar-refractivity contribution in [1.29, 1.82) is 0 Å². The summed E-state index contributed by atoms with van der Waals surface area (Å²) < 4.78 is 0. The van der Waals surface area contributed by atoms with E-state index in [0.717, 1.165) is 49.8 Å². The van der Waals surface area contributed by atoms with Crippen LogP contribution in [0.15, 0.2) is 24.3 Å². The maximum atomic E-state index is 14.0. The molecule has 3 fully saturated rings. The average Bonchev–Trinajstić information content (AvgIpc) is 3.48.